The molecule has 4 rings (SSSR count). The third-order valence-corrected chi connectivity index (χ3v) is 5.74. The number of hydrogen-bond acceptors (Lipinski definition) is 3. The lowest BCUT2D eigenvalue weighted by Crippen LogP contribution is -2.41. The van der Waals surface area contributed by atoms with Crippen molar-refractivity contribution in [2.75, 3.05) is 18.0 Å². The predicted octanol–water partition coefficient (Wildman–Crippen LogP) is 4.41. The van der Waals surface area contributed by atoms with Gasteiger partial charge in [0.15, 0.2) is 0 Å². The molecule has 0 fully saturated rings. The number of nitrogens with one attached hydrogen (secondary N) is 1. The molecular weight excluding hydrogens is 340 g/mol. The lowest BCUT2D eigenvalue weighted by Gasteiger charge is -2.31. The molecule has 4 heteroatoms. The maximum Gasteiger partial charge on any atom is 0.240 e. The van der Waals surface area contributed by atoms with Gasteiger partial charge in [0.2, 0.25) is 5.91 Å². The Bertz CT molecular complexity index is 861. The van der Waals surface area contributed by atoms with Gasteiger partial charge in [-0.1, -0.05) is 54.6 Å². The highest BCUT2D eigenvalue weighted by atomic mass is 32.1. The summed E-state index contributed by atoms with van der Waals surface area (Å²) in [6.07, 6.45) is 2.19. The third-order valence-electron chi connectivity index (χ3n) is 4.81. The van der Waals surface area contributed by atoms with Gasteiger partial charge in [0.25, 0.3) is 0 Å². The highest BCUT2D eigenvalue weighted by molar-refractivity contribution is 7.10. The Labute approximate surface area is 158 Å². The van der Waals surface area contributed by atoms with E-state index in [1.807, 2.05) is 30.3 Å². The molecule has 1 aliphatic rings. The van der Waals surface area contributed by atoms with E-state index in [1.54, 1.807) is 11.3 Å². The zero-order valence-corrected chi connectivity index (χ0v) is 15.4. The van der Waals surface area contributed by atoms with Crippen LogP contribution >= 0.6 is 11.3 Å². The van der Waals surface area contributed by atoms with Gasteiger partial charge in [-0.3, -0.25) is 4.79 Å². The molecule has 1 amide bonds. The SMILES string of the molecule is O=C(CN1CCCc2ccccc21)N[C@@H](c1ccccc1)c1cccs1. The molecule has 3 nitrogen and oxygen atoms in total. The van der Waals surface area contributed by atoms with Crippen LogP contribution in [-0.2, 0) is 11.2 Å². The maximum atomic E-state index is 12.9. The van der Waals surface area contributed by atoms with Gasteiger partial charge in [-0.2, -0.15) is 0 Å². The zero-order chi connectivity index (χ0) is 17.8. The van der Waals surface area contributed by atoms with Crippen molar-refractivity contribution in [2.24, 2.45) is 0 Å². The summed E-state index contributed by atoms with van der Waals surface area (Å²) >= 11 is 1.67. The summed E-state index contributed by atoms with van der Waals surface area (Å²) in [5.41, 5.74) is 3.65. The largest absolute Gasteiger partial charge is 0.362 e. The second kappa shape index (κ2) is 7.75. The minimum atomic E-state index is -0.0938. The van der Waals surface area contributed by atoms with E-state index in [0.717, 1.165) is 29.8 Å². The van der Waals surface area contributed by atoms with Crippen molar-refractivity contribution >= 4 is 22.9 Å². The number of benzene rings is 2. The Morgan fingerprint density at radius 1 is 1.04 bits per heavy atom. The van der Waals surface area contributed by atoms with Crippen LogP contribution in [0.2, 0.25) is 0 Å². The van der Waals surface area contributed by atoms with Crippen LogP contribution < -0.4 is 10.2 Å². The number of carbonyl (C=O) groups is 1. The van der Waals surface area contributed by atoms with Crippen LogP contribution in [0.25, 0.3) is 0 Å². The number of amides is 1. The molecule has 2 heterocycles. The van der Waals surface area contributed by atoms with E-state index in [9.17, 15) is 4.79 Å². The summed E-state index contributed by atoms with van der Waals surface area (Å²) in [5.74, 6) is 0.0592. The fourth-order valence-electron chi connectivity index (χ4n) is 3.58. The molecule has 1 N–H and O–H groups in total. The van der Waals surface area contributed by atoms with Gasteiger partial charge in [-0.25, -0.2) is 0 Å². The van der Waals surface area contributed by atoms with E-state index in [1.165, 1.54) is 11.3 Å². The molecule has 0 radical (unpaired) electrons. The first-order valence-electron chi connectivity index (χ1n) is 9.02. The van der Waals surface area contributed by atoms with Gasteiger partial charge in [0.05, 0.1) is 12.6 Å². The van der Waals surface area contributed by atoms with Crippen LogP contribution in [0.1, 0.15) is 28.5 Å². The molecule has 0 bridgehead atoms. The third kappa shape index (κ3) is 3.65. The minimum absolute atomic E-state index is 0.0592. The van der Waals surface area contributed by atoms with Gasteiger partial charge in [-0.15, -0.1) is 11.3 Å². The number of rotatable bonds is 5. The summed E-state index contributed by atoms with van der Waals surface area (Å²) in [6.45, 7) is 1.32. The Hall–Kier alpha value is -2.59. The number of aryl methyl sites for hydroxylation is 1. The second-order valence-electron chi connectivity index (χ2n) is 6.58. The first-order chi connectivity index (χ1) is 12.8. The van der Waals surface area contributed by atoms with Crippen molar-refractivity contribution in [3.63, 3.8) is 0 Å². The van der Waals surface area contributed by atoms with Crippen LogP contribution in [0.3, 0.4) is 0 Å². The first kappa shape index (κ1) is 16.9. The summed E-state index contributed by atoms with van der Waals surface area (Å²) in [6, 6.07) is 22.6. The summed E-state index contributed by atoms with van der Waals surface area (Å²) in [4.78, 5) is 16.2. The van der Waals surface area contributed by atoms with Gasteiger partial charge < -0.3 is 10.2 Å². The van der Waals surface area contributed by atoms with E-state index in [4.69, 9.17) is 0 Å². The Morgan fingerprint density at radius 2 is 1.85 bits per heavy atom. The molecule has 1 aliphatic heterocycles. The molecule has 0 spiro atoms. The molecule has 2 aromatic carbocycles. The molecule has 0 unspecified atom stereocenters. The van der Waals surface area contributed by atoms with Crippen molar-refractivity contribution in [1.82, 2.24) is 5.32 Å². The zero-order valence-electron chi connectivity index (χ0n) is 14.6. The highest BCUT2D eigenvalue weighted by Crippen LogP contribution is 2.28. The number of thiophene rings is 1. The van der Waals surface area contributed by atoms with E-state index in [2.05, 4.69) is 52.0 Å². The van der Waals surface area contributed by atoms with Gasteiger partial charge in [-0.05, 0) is 41.5 Å². The Balaban J connectivity index is 1.51. The molecule has 3 aromatic rings. The van der Waals surface area contributed by atoms with Crippen LogP contribution in [0.4, 0.5) is 5.69 Å². The quantitative estimate of drug-likeness (QED) is 0.729. The fraction of sp³-hybridized carbons (Fsp3) is 0.227. The lowest BCUT2D eigenvalue weighted by atomic mass is 10.0. The first-order valence-corrected chi connectivity index (χ1v) is 9.90. The molecule has 132 valence electrons. The topological polar surface area (TPSA) is 32.3 Å². The summed E-state index contributed by atoms with van der Waals surface area (Å²) in [7, 11) is 0. The highest BCUT2D eigenvalue weighted by Gasteiger charge is 2.22. The van der Waals surface area contributed by atoms with Crippen molar-refractivity contribution < 1.29 is 4.79 Å². The molecule has 1 atom stereocenters. The molecule has 0 saturated carbocycles. The van der Waals surface area contributed by atoms with Crippen LogP contribution in [0.5, 0.6) is 0 Å². The summed E-state index contributed by atoms with van der Waals surface area (Å²) in [5, 5.41) is 5.30. The van der Waals surface area contributed by atoms with Crippen molar-refractivity contribution in [2.45, 2.75) is 18.9 Å². The van der Waals surface area contributed by atoms with Crippen LogP contribution in [-0.4, -0.2) is 19.0 Å². The smallest absolute Gasteiger partial charge is 0.240 e. The number of fused-ring (bicyclic) bond motifs is 1. The van der Waals surface area contributed by atoms with E-state index in [-0.39, 0.29) is 11.9 Å². The van der Waals surface area contributed by atoms with Gasteiger partial charge >= 0.3 is 0 Å². The van der Waals surface area contributed by atoms with Gasteiger partial charge in [0, 0.05) is 17.1 Å². The van der Waals surface area contributed by atoms with Crippen LogP contribution in [0.15, 0.2) is 72.1 Å². The van der Waals surface area contributed by atoms with E-state index >= 15 is 0 Å². The number of nitrogens with zero attached hydrogens (tertiary/aromatic N) is 1. The number of anilines is 1. The monoisotopic (exact) mass is 362 g/mol. The van der Waals surface area contributed by atoms with Crippen molar-refractivity contribution in [3.05, 3.63) is 88.1 Å². The maximum absolute atomic E-state index is 12.9. The standard InChI is InChI=1S/C22H22N2OS/c25-21(16-24-14-6-11-17-8-4-5-12-19(17)24)23-22(20-13-7-15-26-20)18-9-2-1-3-10-18/h1-5,7-10,12-13,15,22H,6,11,14,16H2,(H,23,25)/t22-/m0/s1. The van der Waals surface area contributed by atoms with Crippen molar-refractivity contribution in [1.29, 1.82) is 0 Å². The van der Waals surface area contributed by atoms with Crippen LogP contribution in [0, 0.1) is 0 Å². The normalized spacial score (nSPS) is 14.5. The number of hydrogen-bond donors (Lipinski definition) is 1. The molecule has 26 heavy (non-hydrogen) atoms. The van der Waals surface area contributed by atoms with E-state index < -0.39 is 0 Å². The number of para-hydroxylation sites is 1. The molecule has 0 aliphatic carbocycles. The minimum Gasteiger partial charge on any atom is -0.362 e. The molecule has 0 saturated heterocycles. The second-order valence-corrected chi connectivity index (χ2v) is 7.56. The molecule has 1 aromatic heterocycles. The Kier molecular flexibility index (Phi) is 5.02. The van der Waals surface area contributed by atoms with Crippen molar-refractivity contribution in [3.8, 4) is 0 Å². The average Bonchev–Trinajstić information content (AvgIpc) is 3.22. The summed E-state index contributed by atoms with van der Waals surface area (Å²) < 4.78 is 0. The van der Waals surface area contributed by atoms with E-state index in [0.29, 0.717) is 6.54 Å². The Morgan fingerprint density at radius 3 is 2.65 bits per heavy atom. The predicted molar refractivity (Wildman–Crippen MR) is 108 cm³/mol. The fourth-order valence-corrected chi connectivity index (χ4v) is 4.38. The number of carbonyl (C=O) groups excluding carboxylic acids is 1. The average molecular weight is 362 g/mol. The van der Waals surface area contributed by atoms with Gasteiger partial charge in [0.1, 0.15) is 0 Å². The lowest BCUT2D eigenvalue weighted by molar-refractivity contribution is -0.120. The molecular formula is C22H22N2OS.